The highest BCUT2D eigenvalue weighted by Gasteiger charge is 2.22. The highest BCUT2D eigenvalue weighted by Crippen LogP contribution is 2.31. The third-order valence-electron chi connectivity index (χ3n) is 5.62. The molecule has 1 saturated carbocycles. The summed E-state index contributed by atoms with van der Waals surface area (Å²) < 4.78 is 1.94. The molecule has 0 atom stereocenters. The van der Waals surface area contributed by atoms with E-state index in [1.54, 1.807) is 0 Å². The maximum absolute atomic E-state index is 13.5. The van der Waals surface area contributed by atoms with E-state index in [9.17, 15) is 4.79 Å². The molecule has 0 aliphatic heterocycles. The van der Waals surface area contributed by atoms with Crippen molar-refractivity contribution in [2.75, 3.05) is 32.5 Å². The van der Waals surface area contributed by atoms with Crippen molar-refractivity contribution < 1.29 is 0 Å². The van der Waals surface area contributed by atoms with Gasteiger partial charge in [-0.05, 0) is 38.6 Å². The van der Waals surface area contributed by atoms with Crippen molar-refractivity contribution in [3.8, 4) is 0 Å². The standard InChI is InChI=1S/C23H29N5O/c1-27(2)13-12-24-23-25-16-19-15-18(14-17-8-4-3-5-9-17)22(29)28(21(19)26-23)20-10-6-7-11-20/h3-5,8-9,15-16,20H,6-7,10-14H2,1-2H3,(H,24,25,26). The average molecular weight is 392 g/mol. The quantitative estimate of drug-likeness (QED) is 0.668. The molecular formula is C23H29N5O. The van der Waals surface area contributed by atoms with Gasteiger partial charge in [0.25, 0.3) is 5.56 Å². The number of anilines is 1. The summed E-state index contributed by atoms with van der Waals surface area (Å²) in [5.41, 5.74) is 2.80. The number of hydrogen-bond acceptors (Lipinski definition) is 5. The first-order valence-corrected chi connectivity index (χ1v) is 10.5. The lowest BCUT2D eigenvalue weighted by atomic mass is 10.0. The Morgan fingerprint density at radius 1 is 1.17 bits per heavy atom. The maximum Gasteiger partial charge on any atom is 0.256 e. The molecule has 1 aromatic carbocycles. The first-order chi connectivity index (χ1) is 14.1. The molecule has 152 valence electrons. The summed E-state index contributed by atoms with van der Waals surface area (Å²) in [6.07, 6.45) is 6.89. The number of hydrogen-bond donors (Lipinski definition) is 1. The summed E-state index contributed by atoms with van der Waals surface area (Å²) in [5, 5.41) is 4.21. The van der Waals surface area contributed by atoms with Gasteiger partial charge in [0.05, 0.1) is 0 Å². The summed E-state index contributed by atoms with van der Waals surface area (Å²) in [4.78, 5) is 24.8. The minimum atomic E-state index is 0.0891. The Kier molecular flexibility index (Phi) is 5.90. The van der Waals surface area contributed by atoms with Crippen LogP contribution < -0.4 is 10.9 Å². The lowest BCUT2D eigenvalue weighted by Gasteiger charge is -2.18. The fourth-order valence-electron chi connectivity index (χ4n) is 4.10. The highest BCUT2D eigenvalue weighted by atomic mass is 16.1. The van der Waals surface area contributed by atoms with Gasteiger partial charge in [-0.1, -0.05) is 43.2 Å². The number of nitrogens with one attached hydrogen (secondary N) is 1. The molecule has 0 bridgehead atoms. The fraction of sp³-hybridized carbons (Fsp3) is 0.435. The van der Waals surface area contributed by atoms with Crippen molar-refractivity contribution in [3.05, 3.63) is 64.1 Å². The van der Waals surface area contributed by atoms with Gasteiger partial charge in [0.2, 0.25) is 5.95 Å². The van der Waals surface area contributed by atoms with Crippen LogP contribution in [0.3, 0.4) is 0 Å². The Hall–Kier alpha value is -2.73. The number of pyridine rings is 1. The SMILES string of the molecule is CN(C)CCNc1ncc2cc(Cc3ccccc3)c(=O)n(C3CCCC3)c2n1. The Morgan fingerprint density at radius 2 is 1.93 bits per heavy atom. The molecule has 3 aromatic rings. The molecule has 1 aliphatic carbocycles. The second-order valence-corrected chi connectivity index (χ2v) is 8.15. The van der Waals surface area contributed by atoms with Crippen LogP contribution in [-0.4, -0.2) is 46.6 Å². The zero-order valence-electron chi connectivity index (χ0n) is 17.3. The van der Waals surface area contributed by atoms with Crippen molar-refractivity contribution in [1.82, 2.24) is 19.4 Å². The Balaban J connectivity index is 1.75. The van der Waals surface area contributed by atoms with E-state index >= 15 is 0 Å². The largest absolute Gasteiger partial charge is 0.353 e. The van der Waals surface area contributed by atoms with Gasteiger partial charge in [0, 0.05) is 42.7 Å². The Morgan fingerprint density at radius 3 is 2.66 bits per heavy atom. The van der Waals surface area contributed by atoms with E-state index < -0.39 is 0 Å². The molecule has 29 heavy (non-hydrogen) atoms. The van der Waals surface area contributed by atoms with Crippen LogP contribution in [0.5, 0.6) is 0 Å². The first kappa shape index (κ1) is 19.6. The molecule has 1 N–H and O–H groups in total. The van der Waals surface area contributed by atoms with Gasteiger partial charge >= 0.3 is 0 Å². The Labute approximate surface area is 171 Å². The normalized spacial score (nSPS) is 14.7. The molecule has 0 unspecified atom stereocenters. The predicted molar refractivity (Wildman–Crippen MR) is 118 cm³/mol. The van der Waals surface area contributed by atoms with Crippen molar-refractivity contribution in [1.29, 1.82) is 0 Å². The Bertz CT molecular complexity index is 1020. The molecule has 1 aliphatic rings. The van der Waals surface area contributed by atoms with E-state index in [1.807, 2.05) is 49.1 Å². The minimum absolute atomic E-state index is 0.0891. The van der Waals surface area contributed by atoms with Crippen LogP contribution in [0, 0.1) is 0 Å². The fourth-order valence-corrected chi connectivity index (χ4v) is 4.10. The maximum atomic E-state index is 13.5. The summed E-state index contributed by atoms with van der Waals surface area (Å²) >= 11 is 0. The monoisotopic (exact) mass is 391 g/mol. The van der Waals surface area contributed by atoms with Gasteiger partial charge in [-0.2, -0.15) is 4.98 Å². The van der Waals surface area contributed by atoms with E-state index in [0.717, 1.165) is 48.1 Å². The topological polar surface area (TPSA) is 63.1 Å². The first-order valence-electron chi connectivity index (χ1n) is 10.5. The molecule has 0 amide bonds. The van der Waals surface area contributed by atoms with E-state index in [-0.39, 0.29) is 11.6 Å². The molecular weight excluding hydrogens is 362 g/mol. The number of aromatic nitrogens is 3. The van der Waals surface area contributed by atoms with Gasteiger partial charge in [0.1, 0.15) is 5.65 Å². The van der Waals surface area contributed by atoms with E-state index in [1.165, 1.54) is 12.8 Å². The molecule has 1 fully saturated rings. The van der Waals surface area contributed by atoms with Crippen LogP contribution in [0.4, 0.5) is 5.95 Å². The lowest BCUT2D eigenvalue weighted by Crippen LogP contribution is -2.28. The number of fused-ring (bicyclic) bond motifs is 1. The van der Waals surface area contributed by atoms with Crippen molar-refractivity contribution in [2.45, 2.75) is 38.1 Å². The van der Waals surface area contributed by atoms with Crippen molar-refractivity contribution >= 4 is 17.0 Å². The van der Waals surface area contributed by atoms with E-state index in [0.29, 0.717) is 12.4 Å². The molecule has 6 heteroatoms. The van der Waals surface area contributed by atoms with Gasteiger partial charge in [-0.25, -0.2) is 4.98 Å². The van der Waals surface area contributed by atoms with Gasteiger partial charge < -0.3 is 10.2 Å². The number of benzene rings is 1. The predicted octanol–water partition coefficient (Wildman–Crippen LogP) is 3.47. The highest BCUT2D eigenvalue weighted by molar-refractivity contribution is 5.76. The smallest absolute Gasteiger partial charge is 0.256 e. The number of rotatable bonds is 7. The summed E-state index contributed by atoms with van der Waals surface area (Å²) in [6, 6.07) is 12.4. The number of nitrogens with zero attached hydrogens (tertiary/aromatic N) is 4. The molecule has 0 saturated heterocycles. The van der Waals surface area contributed by atoms with Crippen LogP contribution in [0.1, 0.15) is 42.9 Å². The van der Waals surface area contributed by atoms with Gasteiger partial charge in [-0.3, -0.25) is 9.36 Å². The summed E-state index contributed by atoms with van der Waals surface area (Å²) in [6.45, 7) is 1.66. The van der Waals surface area contributed by atoms with Crippen LogP contribution in [0.15, 0.2) is 47.4 Å². The third kappa shape index (κ3) is 4.48. The molecule has 6 nitrogen and oxygen atoms in total. The molecule has 0 spiro atoms. The van der Waals surface area contributed by atoms with Crippen molar-refractivity contribution in [2.24, 2.45) is 0 Å². The van der Waals surface area contributed by atoms with E-state index in [2.05, 4.69) is 27.3 Å². The van der Waals surface area contributed by atoms with Crippen LogP contribution >= 0.6 is 0 Å². The molecule has 2 aromatic heterocycles. The molecule has 2 heterocycles. The van der Waals surface area contributed by atoms with Gasteiger partial charge in [0.15, 0.2) is 0 Å². The minimum Gasteiger partial charge on any atom is -0.353 e. The van der Waals surface area contributed by atoms with Crippen LogP contribution in [0.25, 0.3) is 11.0 Å². The average Bonchev–Trinajstić information content (AvgIpc) is 3.23. The third-order valence-corrected chi connectivity index (χ3v) is 5.62. The van der Waals surface area contributed by atoms with Crippen LogP contribution in [0.2, 0.25) is 0 Å². The number of likely N-dealkylation sites (N-methyl/N-ethyl adjacent to an activating group) is 1. The van der Waals surface area contributed by atoms with Crippen molar-refractivity contribution in [3.63, 3.8) is 0 Å². The van der Waals surface area contributed by atoms with Gasteiger partial charge in [-0.15, -0.1) is 0 Å². The molecule has 0 radical (unpaired) electrons. The second kappa shape index (κ2) is 8.74. The summed E-state index contributed by atoms with van der Waals surface area (Å²) in [5.74, 6) is 0.585. The van der Waals surface area contributed by atoms with E-state index in [4.69, 9.17) is 4.98 Å². The molecule has 4 rings (SSSR count). The second-order valence-electron chi connectivity index (χ2n) is 8.15. The van der Waals surface area contributed by atoms with Crippen LogP contribution in [-0.2, 0) is 6.42 Å². The summed E-state index contributed by atoms with van der Waals surface area (Å²) in [7, 11) is 4.07. The zero-order chi connectivity index (χ0) is 20.2. The zero-order valence-corrected chi connectivity index (χ0v) is 17.3. The lowest BCUT2D eigenvalue weighted by molar-refractivity contribution is 0.425.